The van der Waals surface area contributed by atoms with E-state index in [1.807, 2.05) is 0 Å². The van der Waals surface area contributed by atoms with Gasteiger partial charge in [-0.05, 0) is 25.1 Å². The second-order valence-corrected chi connectivity index (χ2v) is 7.74. The Balaban J connectivity index is 4.44. The average molecular weight is 187 g/mol. The molecule has 0 saturated carbocycles. The predicted molar refractivity (Wildman–Crippen MR) is 60.9 cm³/mol. The molecule has 0 aliphatic carbocycles. The Morgan fingerprint density at radius 3 is 1.83 bits per heavy atom. The minimum Gasteiger partial charge on any atom is -0.306 e. The van der Waals surface area contributed by atoms with Crippen LogP contribution in [0.4, 0.5) is 0 Å². The van der Waals surface area contributed by atoms with Crippen LogP contribution >= 0.6 is 0 Å². The molecular weight excluding hydrogens is 162 g/mol. The zero-order valence-electron chi connectivity index (χ0n) is 9.81. The minimum atomic E-state index is 0.527. The van der Waals surface area contributed by atoms with E-state index in [0.29, 0.717) is 5.04 Å². The number of nitrogens with zero attached hydrogens (tertiary/aromatic N) is 1. The second-order valence-electron chi connectivity index (χ2n) is 5.16. The van der Waals surface area contributed by atoms with Crippen molar-refractivity contribution in [1.29, 1.82) is 0 Å². The maximum atomic E-state index is 2.39. The van der Waals surface area contributed by atoms with Gasteiger partial charge in [0.15, 0.2) is 0 Å². The molecule has 2 unspecified atom stereocenters. The third-order valence-corrected chi connectivity index (χ3v) is 3.22. The molecule has 0 aromatic heterocycles. The highest BCUT2D eigenvalue weighted by atomic mass is 28.1. The molecule has 0 bridgehead atoms. The van der Waals surface area contributed by atoms with Crippen molar-refractivity contribution in [2.45, 2.75) is 45.2 Å². The van der Waals surface area contributed by atoms with E-state index >= 15 is 0 Å². The van der Waals surface area contributed by atoms with Crippen molar-refractivity contribution in [2.75, 3.05) is 14.1 Å². The first-order valence-electron chi connectivity index (χ1n) is 4.97. The predicted octanol–water partition coefficient (Wildman–Crippen LogP) is 1.53. The van der Waals surface area contributed by atoms with Crippen molar-refractivity contribution in [3.8, 4) is 0 Å². The molecule has 2 heteroatoms. The Bertz CT molecular complexity index is 126. The summed E-state index contributed by atoms with van der Waals surface area (Å²) < 4.78 is 0. The number of rotatable bonds is 4. The topological polar surface area (TPSA) is 3.24 Å². The summed E-state index contributed by atoms with van der Waals surface area (Å²) in [5.74, 6) is 0.812. The molecule has 0 N–H and O–H groups in total. The first-order valence-corrected chi connectivity index (χ1v) is 5.97. The quantitative estimate of drug-likeness (QED) is 0.603. The number of hydrogen-bond acceptors (Lipinski definition) is 1. The van der Waals surface area contributed by atoms with E-state index in [0.717, 1.165) is 12.0 Å². The van der Waals surface area contributed by atoms with Crippen LogP contribution in [0.3, 0.4) is 0 Å². The highest BCUT2D eigenvalue weighted by molar-refractivity contribution is 6.15. The van der Waals surface area contributed by atoms with E-state index in [1.165, 1.54) is 16.7 Å². The van der Waals surface area contributed by atoms with Crippen LogP contribution < -0.4 is 0 Å². The molecule has 0 spiro atoms. The van der Waals surface area contributed by atoms with Crippen LogP contribution in [-0.4, -0.2) is 35.3 Å². The van der Waals surface area contributed by atoms with E-state index in [-0.39, 0.29) is 0 Å². The molecule has 0 aliphatic heterocycles. The van der Waals surface area contributed by atoms with Crippen LogP contribution in [0.15, 0.2) is 0 Å². The molecule has 0 saturated heterocycles. The Hall–Kier alpha value is 0.177. The van der Waals surface area contributed by atoms with Crippen LogP contribution in [-0.2, 0) is 0 Å². The van der Waals surface area contributed by atoms with Crippen molar-refractivity contribution in [2.24, 2.45) is 5.92 Å². The fourth-order valence-electron chi connectivity index (χ4n) is 2.36. The maximum Gasteiger partial charge on any atom is 0.0133 e. The van der Waals surface area contributed by atoms with E-state index in [1.54, 1.807) is 0 Å². The average Bonchev–Trinajstić information content (AvgIpc) is 1.83. The summed E-state index contributed by atoms with van der Waals surface area (Å²) in [6.07, 6.45) is 1.29. The Morgan fingerprint density at radius 1 is 1.33 bits per heavy atom. The second kappa shape index (κ2) is 4.42. The molecule has 2 atom stereocenters. The molecule has 0 amide bonds. The van der Waals surface area contributed by atoms with Gasteiger partial charge in [-0.2, -0.15) is 0 Å². The summed E-state index contributed by atoms with van der Waals surface area (Å²) in [5.41, 5.74) is 0. The lowest BCUT2D eigenvalue weighted by molar-refractivity contribution is 0.173. The summed E-state index contributed by atoms with van der Waals surface area (Å²) in [4.78, 5) is 2.39. The lowest BCUT2D eigenvalue weighted by Crippen LogP contribution is -2.42. The van der Waals surface area contributed by atoms with Gasteiger partial charge in [0, 0.05) is 16.3 Å². The van der Waals surface area contributed by atoms with Gasteiger partial charge in [0.05, 0.1) is 0 Å². The zero-order valence-corrected chi connectivity index (χ0v) is 11.8. The summed E-state index contributed by atoms with van der Waals surface area (Å²) in [6.45, 7) is 9.42. The fourth-order valence-corrected chi connectivity index (χ4v) is 3.45. The normalized spacial score (nSPS) is 18.2. The van der Waals surface area contributed by atoms with Gasteiger partial charge in [-0.15, -0.1) is 0 Å². The van der Waals surface area contributed by atoms with Crippen LogP contribution in [0.2, 0.25) is 5.04 Å². The molecular formula is C10H25NSi. The standard InChI is InChI=1S/C10H25NSi/c1-7-8(2)9(11(5)6)10(3,4)12/h8-9H,7H2,1-6,12H3. The van der Waals surface area contributed by atoms with Crippen molar-refractivity contribution < 1.29 is 0 Å². The third-order valence-electron chi connectivity index (χ3n) is 2.63. The van der Waals surface area contributed by atoms with Gasteiger partial charge in [0.1, 0.15) is 0 Å². The van der Waals surface area contributed by atoms with Crippen LogP contribution in [0.25, 0.3) is 0 Å². The third kappa shape index (κ3) is 3.28. The molecule has 0 aliphatic rings. The van der Waals surface area contributed by atoms with E-state index in [4.69, 9.17) is 0 Å². The molecule has 12 heavy (non-hydrogen) atoms. The van der Waals surface area contributed by atoms with Crippen LogP contribution in [0.1, 0.15) is 34.1 Å². The highest BCUT2D eigenvalue weighted by Gasteiger charge is 2.30. The molecule has 74 valence electrons. The summed E-state index contributed by atoms with van der Waals surface area (Å²) in [5, 5.41) is 0.527. The lowest BCUT2D eigenvalue weighted by atomic mass is 9.88. The molecule has 0 heterocycles. The van der Waals surface area contributed by atoms with Gasteiger partial charge in [-0.1, -0.05) is 34.1 Å². The Morgan fingerprint density at radius 2 is 1.75 bits per heavy atom. The van der Waals surface area contributed by atoms with Gasteiger partial charge in [-0.25, -0.2) is 0 Å². The summed E-state index contributed by atoms with van der Waals surface area (Å²) in [7, 11) is 5.68. The van der Waals surface area contributed by atoms with Crippen molar-refractivity contribution in [3.63, 3.8) is 0 Å². The van der Waals surface area contributed by atoms with Crippen molar-refractivity contribution in [3.05, 3.63) is 0 Å². The van der Waals surface area contributed by atoms with Gasteiger partial charge < -0.3 is 4.90 Å². The molecule has 0 rings (SSSR count). The maximum absolute atomic E-state index is 2.39. The minimum absolute atomic E-state index is 0.527. The monoisotopic (exact) mass is 187 g/mol. The first-order chi connectivity index (χ1) is 5.30. The SMILES string of the molecule is CCC(C)C(N(C)C)C(C)(C)[SiH3]. The highest BCUT2D eigenvalue weighted by Crippen LogP contribution is 2.33. The van der Waals surface area contributed by atoms with E-state index < -0.39 is 0 Å². The largest absolute Gasteiger partial charge is 0.306 e. The molecule has 0 radical (unpaired) electrons. The molecule has 0 aromatic rings. The molecule has 0 aromatic carbocycles. The van der Waals surface area contributed by atoms with Crippen molar-refractivity contribution >= 4 is 10.2 Å². The Labute approximate surface area is 81.0 Å². The van der Waals surface area contributed by atoms with E-state index in [9.17, 15) is 0 Å². The van der Waals surface area contributed by atoms with Crippen molar-refractivity contribution in [1.82, 2.24) is 4.90 Å². The summed E-state index contributed by atoms with van der Waals surface area (Å²) >= 11 is 0. The van der Waals surface area contributed by atoms with Gasteiger partial charge >= 0.3 is 0 Å². The van der Waals surface area contributed by atoms with Gasteiger partial charge in [-0.3, -0.25) is 0 Å². The van der Waals surface area contributed by atoms with Gasteiger partial charge in [0.2, 0.25) is 0 Å². The summed E-state index contributed by atoms with van der Waals surface area (Å²) in [6, 6.07) is 0.745. The van der Waals surface area contributed by atoms with Gasteiger partial charge in [0.25, 0.3) is 0 Å². The van der Waals surface area contributed by atoms with Crippen LogP contribution in [0.5, 0.6) is 0 Å². The first kappa shape index (κ1) is 12.2. The van der Waals surface area contributed by atoms with E-state index in [2.05, 4.69) is 46.7 Å². The Kier molecular flexibility index (Phi) is 4.49. The lowest BCUT2D eigenvalue weighted by Gasteiger charge is -2.40. The molecule has 0 fully saturated rings. The smallest absolute Gasteiger partial charge is 0.0133 e. The fraction of sp³-hybridized carbons (Fsp3) is 1.00. The number of hydrogen-bond donors (Lipinski definition) is 0. The molecule has 1 nitrogen and oxygen atoms in total. The van der Waals surface area contributed by atoms with Crippen LogP contribution in [0, 0.1) is 5.92 Å². The zero-order chi connectivity index (χ0) is 9.94.